The maximum Gasteiger partial charge on any atom is 0.345 e. The van der Waals surface area contributed by atoms with Crippen molar-refractivity contribution < 1.29 is 9.53 Å². The third-order valence-corrected chi connectivity index (χ3v) is 3.72. The van der Waals surface area contributed by atoms with Gasteiger partial charge in [-0.25, -0.2) is 9.78 Å². The van der Waals surface area contributed by atoms with E-state index in [1.54, 1.807) is 6.92 Å². The number of nitrogens with one attached hydrogen (secondary N) is 1. The fourth-order valence-corrected chi connectivity index (χ4v) is 2.71. The van der Waals surface area contributed by atoms with E-state index in [-0.39, 0.29) is 12.2 Å². The van der Waals surface area contributed by atoms with Gasteiger partial charge in [0.25, 0.3) is 5.56 Å². The van der Waals surface area contributed by atoms with Crippen molar-refractivity contribution in [3.8, 4) is 0 Å². The molecule has 1 saturated heterocycles. The summed E-state index contributed by atoms with van der Waals surface area (Å²) < 4.78 is 4.82. The van der Waals surface area contributed by atoms with E-state index in [9.17, 15) is 9.59 Å². The first-order valence-electron chi connectivity index (χ1n) is 7.09. The highest BCUT2D eigenvalue weighted by Crippen LogP contribution is 2.25. The van der Waals surface area contributed by atoms with Crippen LogP contribution >= 0.6 is 0 Å². The van der Waals surface area contributed by atoms with Gasteiger partial charge in [-0.1, -0.05) is 0 Å². The lowest BCUT2D eigenvalue weighted by molar-refractivity contribution is 0.0523. The van der Waals surface area contributed by atoms with Gasteiger partial charge in [-0.2, -0.15) is 0 Å². The lowest BCUT2D eigenvalue weighted by atomic mass is 9.98. The van der Waals surface area contributed by atoms with Gasteiger partial charge in [-0.15, -0.1) is 0 Å². The Labute approximate surface area is 118 Å². The number of rotatable bonds is 3. The molecule has 2 atom stereocenters. The Morgan fingerprint density at radius 2 is 2.10 bits per heavy atom. The Bertz CT molecular complexity index is 531. The summed E-state index contributed by atoms with van der Waals surface area (Å²) in [5, 5.41) is 0. The predicted octanol–water partition coefficient (Wildman–Crippen LogP) is 1.71. The SMILES string of the molecule is CCOC(=O)c1cnc(N2[C@H](C)CCC[C@@H]2C)[nH]c1=O. The van der Waals surface area contributed by atoms with Crippen LogP contribution in [0.2, 0.25) is 0 Å². The molecule has 1 aliphatic rings. The standard InChI is InChI=1S/C14H21N3O3/c1-4-20-13(19)11-8-15-14(16-12(11)18)17-9(2)6-5-7-10(17)3/h8-10H,4-7H2,1-3H3,(H,15,16,18)/t9-,10+. The number of esters is 1. The van der Waals surface area contributed by atoms with E-state index in [0.717, 1.165) is 12.8 Å². The number of aromatic nitrogens is 2. The Morgan fingerprint density at radius 3 is 2.65 bits per heavy atom. The van der Waals surface area contributed by atoms with E-state index >= 15 is 0 Å². The second kappa shape index (κ2) is 6.07. The van der Waals surface area contributed by atoms with Crippen LogP contribution in [-0.2, 0) is 4.74 Å². The average molecular weight is 279 g/mol. The maximum atomic E-state index is 12.0. The van der Waals surface area contributed by atoms with Crippen LogP contribution in [-0.4, -0.2) is 34.6 Å². The van der Waals surface area contributed by atoms with E-state index in [1.165, 1.54) is 12.6 Å². The van der Waals surface area contributed by atoms with Gasteiger partial charge in [0.2, 0.25) is 5.95 Å². The molecule has 0 radical (unpaired) electrons. The van der Waals surface area contributed by atoms with E-state index in [1.807, 2.05) is 0 Å². The summed E-state index contributed by atoms with van der Waals surface area (Å²) in [6.45, 7) is 6.18. The van der Waals surface area contributed by atoms with Gasteiger partial charge in [0, 0.05) is 12.1 Å². The van der Waals surface area contributed by atoms with Crippen molar-refractivity contribution in [2.75, 3.05) is 11.5 Å². The second-order valence-electron chi connectivity index (χ2n) is 5.21. The first-order chi connectivity index (χ1) is 9.54. The van der Waals surface area contributed by atoms with Gasteiger partial charge < -0.3 is 9.64 Å². The van der Waals surface area contributed by atoms with Crippen LogP contribution in [0, 0.1) is 0 Å². The number of piperidine rings is 1. The van der Waals surface area contributed by atoms with Gasteiger partial charge in [0.1, 0.15) is 5.56 Å². The van der Waals surface area contributed by atoms with Crippen LogP contribution in [0.4, 0.5) is 5.95 Å². The Balaban J connectivity index is 2.28. The van der Waals surface area contributed by atoms with Crippen molar-refractivity contribution in [2.24, 2.45) is 0 Å². The molecule has 0 amide bonds. The van der Waals surface area contributed by atoms with E-state index in [4.69, 9.17) is 4.74 Å². The minimum Gasteiger partial charge on any atom is -0.462 e. The first-order valence-corrected chi connectivity index (χ1v) is 7.09. The smallest absolute Gasteiger partial charge is 0.345 e. The molecule has 0 saturated carbocycles. The Kier molecular flexibility index (Phi) is 4.42. The van der Waals surface area contributed by atoms with Crippen LogP contribution in [0.1, 0.15) is 50.4 Å². The fourth-order valence-electron chi connectivity index (χ4n) is 2.71. The van der Waals surface area contributed by atoms with Gasteiger partial charge in [0.05, 0.1) is 12.8 Å². The molecule has 0 spiro atoms. The molecule has 110 valence electrons. The topological polar surface area (TPSA) is 75.3 Å². The average Bonchev–Trinajstić information content (AvgIpc) is 2.38. The number of H-pyrrole nitrogens is 1. The monoisotopic (exact) mass is 279 g/mol. The summed E-state index contributed by atoms with van der Waals surface area (Å²) in [5.74, 6) is -0.102. The van der Waals surface area contributed by atoms with Gasteiger partial charge in [-0.3, -0.25) is 9.78 Å². The Hall–Kier alpha value is -1.85. The zero-order valence-electron chi connectivity index (χ0n) is 12.2. The Morgan fingerprint density at radius 1 is 1.45 bits per heavy atom. The molecule has 0 unspecified atom stereocenters. The van der Waals surface area contributed by atoms with Crippen LogP contribution in [0.25, 0.3) is 0 Å². The van der Waals surface area contributed by atoms with Crippen LogP contribution in [0.5, 0.6) is 0 Å². The number of carbonyl (C=O) groups is 1. The molecule has 1 aliphatic heterocycles. The summed E-state index contributed by atoms with van der Waals surface area (Å²) in [7, 11) is 0. The van der Waals surface area contributed by atoms with Crippen molar-refractivity contribution in [1.82, 2.24) is 9.97 Å². The zero-order chi connectivity index (χ0) is 14.7. The molecule has 1 aromatic rings. The molecule has 1 aromatic heterocycles. The van der Waals surface area contributed by atoms with E-state index in [0.29, 0.717) is 18.0 Å². The van der Waals surface area contributed by atoms with E-state index in [2.05, 4.69) is 28.7 Å². The largest absolute Gasteiger partial charge is 0.462 e. The van der Waals surface area contributed by atoms with Crippen molar-refractivity contribution in [1.29, 1.82) is 0 Å². The summed E-state index contributed by atoms with van der Waals surface area (Å²) >= 11 is 0. The third-order valence-electron chi connectivity index (χ3n) is 3.72. The molecule has 0 aliphatic carbocycles. The lowest BCUT2D eigenvalue weighted by Gasteiger charge is -2.39. The fraction of sp³-hybridized carbons (Fsp3) is 0.643. The third kappa shape index (κ3) is 2.84. The molecule has 2 rings (SSSR count). The molecule has 2 heterocycles. The normalized spacial score (nSPS) is 22.6. The quantitative estimate of drug-likeness (QED) is 0.853. The molecule has 6 heteroatoms. The summed E-state index contributed by atoms with van der Waals surface area (Å²) in [6.07, 6.45) is 4.64. The molecule has 1 N–H and O–H groups in total. The van der Waals surface area contributed by atoms with Crippen molar-refractivity contribution in [3.63, 3.8) is 0 Å². The van der Waals surface area contributed by atoms with Crippen LogP contribution < -0.4 is 10.5 Å². The minimum atomic E-state index is -0.632. The minimum absolute atomic E-state index is 0.0482. The number of carbonyl (C=O) groups excluding carboxylic acids is 1. The number of aromatic amines is 1. The highest BCUT2D eigenvalue weighted by molar-refractivity contribution is 5.88. The van der Waals surface area contributed by atoms with Crippen LogP contribution in [0.3, 0.4) is 0 Å². The number of anilines is 1. The first kappa shape index (κ1) is 14.6. The van der Waals surface area contributed by atoms with Crippen LogP contribution in [0.15, 0.2) is 11.0 Å². The second-order valence-corrected chi connectivity index (χ2v) is 5.21. The molecule has 1 fully saturated rings. The molecular formula is C14H21N3O3. The van der Waals surface area contributed by atoms with Gasteiger partial charge >= 0.3 is 5.97 Å². The summed E-state index contributed by atoms with van der Waals surface area (Å²) in [5.41, 5.74) is -0.494. The summed E-state index contributed by atoms with van der Waals surface area (Å²) in [4.78, 5) is 32.6. The molecule has 20 heavy (non-hydrogen) atoms. The predicted molar refractivity (Wildman–Crippen MR) is 76.1 cm³/mol. The van der Waals surface area contributed by atoms with Crippen molar-refractivity contribution in [3.05, 3.63) is 22.1 Å². The lowest BCUT2D eigenvalue weighted by Crippen LogP contribution is -2.45. The van der Waals surface area contributed by atoms with Crippen molar-refractivity contribution >= 4 is 11.9 Å². The number of nitrogens with zero attached hydrogens (tertiary/aromatic N) is 2. The maximum absolute atomic E-state index is 12.0. The highest BCUT2D eigenvalue weighted by atomic mass is 16.5. The zero-order valence-corrected chi connectivity index (χ0v) is 12.2. The molecular weight excluding hydrogens is 258 g/mol. The highest BCUT2D eigenvalue weighted by Gasteiger charge is 2.27. The number of hydrogen-bond acceptors (Lipinski definition) is 5. The van der Waals surface area contributed by atoms with Gasteiger partial charge in [0.15, 0.2) is 0 Å². The molecule has 0 bridgehead atoms. The van der Waals surface area contributed by atoms with Gasteiger partial charge in [-0.05, 0) is 40.0 Å². The summed E-state index contributed by atoms with van der Waals surface area (Å²) in [6, 6.07) is 0.658. The number of hydrogen-bond donors (Lipinski definition) is 1. The van der Waals surface area contributed by atoms with E-state index < -0.39 is 11.5 Å². The molecule has 6 nitrogen and oxygen atoms in total. The van der Waals surface area contributed by atoms with Crippen molar-refractivity contribution in [2.45, 2.75) is 52.1 Å². The number of ether oxygens (including phenoxy) is 1. The molecule has 0 aromatic carbocycles.